The van der Waals surface area contributed by atoms with Gasteiger partial charge < -0.3 is 31.5 Å². The monoisotopic (exact) mass is 662 g/mol. The van der Waals surface area contributed by atoms with Gasteiger partial charge in [-0.05, 0) is 57.8 Å². The lowest BCUT2D eigenvalue weighted by Gasteiger charge is -2.16. The second-order valence-corrected chi connectivity index (χ2v) is 14.4. The first-order valence-corrected chi connectivity index (χ1v) is 18.8. The predicted octanol–water partition coefficient (Wildman–Crippen LogP) is 4.30. The molecule has 4 amide bonds. The van der Waals surface area contributed by atoms with Crippen molar-refractivity contribution in [3.05, 3.63) is 24.3 Å². The van der Waals surface area contributed by atoms with Gasteiger partial charge in [-0.25, -0.2) is 4.79 Å². The molecule has 7 atom stereocenters. The minimum absolute atomic E-state index is 0.0385. The van der Waals surface area contributed by atoms with Crippen molar-refractivity contribution in [3.8, 4) is 0 Å². The predicted molar refractivity (Wildman–Crippen MR) is 183 cm³/mol. The average Bonchev–Trinajstić information content (AvgIpc) is 3.66. The van der Waals surface area contributed by atoms with E-state index in [1.165, 1.54) is 0 Å². The van der Waals surface area contributed by atoms with Crippen molar-refractivity contribution in [2.75, 3.05) is 18.8 Å². The molecule has 2 aliphatic heterocycles. The summed E-state index contributed by atoms with van der Waals surface area (Å²) in [5.41, 5.74) is 0. The molecule has 0 aromatic heterocycles. The van der Waals surface area contributed by atoms with Crippen LogP contribution in [0.25, 0.3) is 0 Å². The molecular formula is C35H58N4O6S. The number of fused-ring (bicyclic) bond motifs is 1. The van der Waals surface area contributed by atoms with Gasteiger partial charge in [0, 0.05) is 55.2 Å². The zero-order valence-electron chi connectivity index (χ0n) is 27.7. The molecule has 260 valence electrons. The van der Waals surface area contributed by atoms with Crippen LogP contribution >= 0.6 is 11.8 Å². The Bertz CT molecular complexity index is 1020. The highest BCUT2D eigenvalue weighted by molar-refractivity contribution is 8.00. The second-order valence-electron chi connectivity index (χ2n) is 13.1. The van der Waals surface area contributed by atoms with Crippen LogP contribution in [0.15, 0.2) is 24.3 Å². The average molecular weight is 663 g/mol. The maximum Gasteiger partial charge on any atom is 0.315 e. The number of carbonyl (C=O) groups excluding carboxylic acids is 4. The van der Waals surface area contributed by atoms with Crippen molar-refractivity contribution >= 4 is 35.4 Å². The fraction of sp³-hybridized carbons (Fsp3) is 0.771. The van der Waals surface area contributed by atoms with E-state index in [-0.39, 0.29) is 54.0 Å². The number of ketones is 1. The van der Waals surface area contributed by atoms with E-state index in [1.807, 2.05) is 30.0 Å². The highest BCUT2D eigenvalue weighted by Gasteiger charge is 2.42. The zero-order valence-corrected chi connectivity index (χ0v) is 28.5. The molecule has 0 spiro atoms. The van der Waals surface area contributed by atoms with Gasteiger partial charge in [0.05, 0.1) is 24.3 Å². The lowest BCUT2D eigenvalue weighted by Crippen LogP contribution is -2.36. The van der Waals surface area contributed by atoms with Gasteiger partial charge in [-0.15, -0.1) is 0 Å². The molecule has 1 unspecified atom stereocenters. The maximum absolute atomic E-state index is 12.4. The number of aliphatic hydroxyl groups excluding tert-OH is 2. The van der Waals surface area contributed by atoms with Gasteiger partial charge in [0.1, 0.15) is 5.78 Å². The van der Waals surface area contributed by atoms with E-state index in [1.54, 1.807) is 6.08 Å². The number of hydrogen-bond donors (Lipinski definition) is 6. The summed E-state index contributed by atoms with van der Waals surface area (Å²) < 4.78 is 0. The number of nitrogens with one attached hydrogen (secondary N) is 4. The lowest BCUT2D eigenvalue weighted by atomic mass is 9.90. The van der Waals surface area contributed by atoms with E-state index in [0.717, 1.165) is 76.4 Å². The van der Waals surface area contributed by atoms with Crippen LogP contribution in [0.1, 0.15) is 110 Å². The highest BCUT2D eigenvalue weighted by atomic mass is 32.2. The molecule has 3 fully saturated rings. The molecule has 2 saturated heterocycles. The first kappa shape index (κ1) is 38.1. The van der Waals surface area contributed by atoms with Crippen LogP contribution in [0.4, 0.5) is 4.79 Å². The highest BCUT2D eigenvalue weighted by Crippen LogP contribution is 2.34. The van der Waals surface area contributed by atoms with Crippen LogP contribution in [-0.2, 0) is 14.4 Å². The van der Waals surface area contributed by atoms with E-state index < -0.39 is 12.2 Å². The number of carbonyl (C=O) groups is 4. The number of hydrogen-bond acceptors (Lipinski definition) is 7. The summed E-state index contributed by atoms with van der Waals surface area (Å²) in [6.45, 7) is 3.41. The van der Waals surface area contributed by atoms with Crippen LogP contribution in [-0.4, -0.2) is 82.2 Å². The number of Topliss-reactive ketones (excluding diaryl/α,β-unsaturated/α-hetero) is 1. The molecule has 0 bridgehead atoms. The van der Waals surface area contributed by atoms with Crippen molar-refractivity contribution in [1.29, 1.82) is 0 Å². The smallest absolute Gasteiger partial charge is 0.315 e. The SMILES string of the molecule is CCCCC[C@H](O)/C=C/[C@@H]1C(C/C=C\CCCC(=O)NCCCCCNC(=O)CCCC[C@H]2SC[C@@H]3NC(=O)N[C@@H]32)C(=O)C[C@H]1O. The summed E-state index contributed by atoms with van der Waals surface area (Å²) in [6, 6.07) is 0.407. The van der Waals surface area contributed by atoms with E-state index in [0.29, 0.717) is 44.0 Å². The molecule has 2 heterocycles. The van der Waals surface area contributed by atoms with Gasteiger partial charge in [0.15, 0.2) is 0 Å². The summed E-state index contributed by atoms with van der Waals surface area (Å²) in [6.07, 6.45) is 18.9. The van der Waals surface area contributed by atoms with E-state index in [4.69, 9.17) is 0 Å². The number of thioether (sulfide) groups is 1. The van der Waals surface area contributed by atoms with Crippen molar-refractivity contribution < 1.29 is 29.4 Å². The van der Waals surface area contributed by atoms with Gasteiger partial charge in [-0.3, -0.25) is 14.4 Å². The Morgan fingerprint density at radius 1 is 0.957 bits per heavy atom. The number of aliphatic hydroxyl groups is 2. The van der Waals surface area contributed by atoms with Crippen molar-refractivity contribution in [1.82, 2.24) is 21.3 Å². The van der Waals surface area contributed by atoms with Crippen LogP contribution in [0.5, 0.6) is 0 Å². The molecule has 3 aliphatic rings. The van der Waals surface area contributed by atoms with Crippen LogP contribution in [0, 0.1) is 11.8 Å². The molecule has 46 heavy (non-hydrogen) atoms. The minimum Gasteiger partial charge on any atom is -0.392 e. The molecule has 3 rings (SSSR count). The molecule has 0 radical (unpaired) electrons. The van der Waals surface area contributed by atoms with Gasteiger partial charge in [-0.2, -0.15) is 11.8 Å². The number of allylic oxidation sites excluding steroid dienone is 2. The van der Waals surface area contributed by atoms with Crippen molar-refractivity contribution in [2.45, 2.75) is 139 Å². The van der Waals surface area contributed by atoms with Gasteiger partial charge >= 0.3 is 6.03 Å². The molecular weight excluding hydrogens is 604 g/mol. The first-order valence-electron chi connectivity index (χ1n) is 17.7. The Hall–Kier alpha value is -2.37. The molecule has 0 aromatic carbocycles. The van der Waals surface area contributed by atoms with Crippen LogP contribution < -0.4 is 21.3 Å². The molecule has 0 aromatic rings. The topological polar surface area (TPSA) is 157 Å². The van der Waals surface area contributed by atoms with Gasteiger partial charge in [0.2, 0.25) is 11.8 Å². The number of rotatable bonds is 23. The Kier molecular flexibility index (Phi) is 17.8. The van der Waals surface area contributed by atoms with Crippen LogP contribution in [0.2, 0.25) is 0 Å². The fourth-order valence-corrected chi connectivity index (χ4v) is 8.10. The zero-order chi connectivity index (χ0) is 33.1. The minimum atomic E-state index is -0.694. The summed E-state index contributed by atoms with van der Waals surface area (Å²) in [7, 11) is 0. The Labute approximate surface area is 279 Å². The summed E-state index contributed by atoms with van der Waals surface area (Å²) >= 11 is 1.90. The van der Waals surface area contributed by atoms with Crippen molar-refractivity contribution in [3.63, 3.8) is 0 Å². The van der Waals surface area contributed by atoms with E-state index in [2.05, 4.69) is 28.2 Å². The molecule has 10 nitrogen and oxygen atoms in total. The molecule has 11 heteroatoms. The number of amides is 4. The largest absolute Gasteiger partial charge is 0.392 e. The standard InChI is InChI=1S/C35H58N4O6S/c1-2-3-7-14-25(40)19-20-27-26(29(41)23-30(27)42)15-8-4-5-9-17-32(43)36-21-12-6-13-22-37-33(44)18-11-10-16-31-34-28(24-46-31)38-35(45)39-34/h4,8,19-20,25-28,30-31,34,40,42H,2-3,5-7,9-18,21-24H2,1H3,(H,36,43)(H,37,44)(H2,38,39,45)/b8-4-,20-19+/t25-,26?,27+,28-,30+,31+,34-/m0/s1. The molecule has 1 aliphatic carbocycles. The third-order valence-corrected chi connectivity index (χ3v) is 10.8. The van der Waals surface area contributed by atoms with Crippen molar-refractivity contribution in [2.24, 2.45) is 11.8 Å². The second kappa shape index (κ2) is 21.5. The number of urea groups is 1. The summed E-state index contributed by atoms with van der Waals surface area (Å²) in [5.74, 6) is 0.628. The van der Waals surface area contributed by atoms with Crippen LogP contribution in [0.3, 0.4) is 0 Å². The maximum atomic E-state index is 12.4. The molecule has 1 saturated carbocycles. The summed E-state index contributed by atoms with van der Waals surface area (Å²) in [4.78, 5) is 48.2. The first-order chi connectivity index (χ1) is 22.3. The normalized spacial score (nSPS) is 26.4. The fourth-order valence-electron chi connectivity index (χ4n) is 6.56. The van der Waals surface area contributed by atoms with E-state index in [9.17, 15) is 29.4 Å². The Morgan fingerprint density at radius 2 is 1.70 bits per heavy atom. The number of unbranched alkanes of at least 4 members (excludes halogenated alkanes) is 6. The van der Waals surface area contributed by atoms with E-state index >= 15 is 0 Å². The quantitative estimate of drug-likeness (QED) is 0.0541. The third-order valence-electron chi connectivity index (χ3n) is 9.30. The Balaban J connectivity index is 1.13. The molecule has 6 N–H and O–H groups in total. The Morgan fingerprint density at radius 3 is 2.43 bits per heavy atom. The third kappa shape index (κ3) is 13.8. The summed E-state index contributed by atoms with van der Waals surface area (Å²) in [5, 5.41) is 32.9. The van der Waals surface area contributed by atoms with Gasteiger partial charge in [0.25, 0.3) is 0 Å². The lowest BCUT2D eigenvalue weighted by molar-refractivity contribution is -0.122. The van der Waals surface area contributed by atoms with Gasteiger partial charge in [-0.1, -0.05) is 56.9 Å².